The van der Waals surface area contributed by atoms with Crippen molar-refractivity contribution in [2.24, 2.45) is 5.84 Å². The van der Waals surface area contributed by atoms with E-state index in [1.54, 1.807) is 54.6 Å². The normalized spacial score (nSPS) is 10.4. The molecule has 1 heterocycles. The van der Waals surface area contributed by atoms with E-state index in [2.05, 4.69) is 5.10 Å². The van der Waals surface area contributed by atoms with Gasteiger partial charge in [0.1, 0.15) is 11.4 Å². The zero-order valence-electron chi connectivity index (χ0n) is 19.8. The van der Waals surface area contributed by atoms with Gasteiger partial charge in [-0.05, 0) is 47.3 Å². The van der Waals surface area contributed by atoms with E-state index >= 15 is 0 Å². The smallest absolute Gasteiger partial charge is 0.296 e. The van der Waals surface area contributed by atoms with Crippen molar-refractivity contribution in [1.29, 1.82) is 0 Å². The highest BCUT2D eigenvalue weighted by atomic mass is 16.6. The molecule has 15 nitrogen and oxygen atoms in total. The third kappa shape index (κ3) is 5.57. The van der Waals surface area contributed by atoms with E-state index in [0.717, 1.165) is 10.9 Å². The van der Waals surface area contributed by atoms with Gasteiger partial charge in [0.15, 0.2) is 0 Å². The summed E-state index contributed by atoms with van der Waals surface area (Å²) in [6.45, 7) is 0. The summed E-state index contributed by atoms with van der Waals surface area (Å²) in [5.41, 5.74) is 1.13. The molecule has 0 saturated carbocycles. The van der Waals surface area contributed by atoms with Crippen LogP contribution in [0.2, 0.25) is 0 Å². The fourth-order valence-electron chi connectivity index (χ4n) is 3.55. The van der Waals surface area contributed by atoms with E-state index in [9.17, 15) is 35.6 Å². The molecule has 0 bridgehead atoms. The number of nitrogens with zero attached hydrogens (tertiary/aromatic N) is 7. The Bertz CT molecular complexity index is 1660. The SMILES string of the molecule is NN(c1ccccc1)c1ccc(-n2nc3ccccc3[n+]2[O-])cc1[N+](=O)[O-].O=[N+]([O-])c1cccc([N+](=O)[O-])c1. The number of aromatic nitrogens is 3. The molecule has 196 valence electrons. The molecule has 0 amide bonds. The highest BCUT2D eigenvalue weighted by Gasteiger charge is 2.23. The van der Waals surface area contributed by atoms with Crippen molar-refractivity contribution >= 4 is 39.5 Å². The van der Waals surface area contributed by atoms with E-state index in [-0.39, 0.29) is 28.4 Å². The number of rotatable bonds is 6. The maximum Gasteiger partial charge on any atom is 0.296 e. The Morgan fingerprint density at radius 2 is 1.36 bits per heavy atom. The minimum Gasteiger partial charge on any atom is -0.692 e. The molecule has 2 N–H and O–H groups in total. The largest absolute Gasteiger partial charge is 0.692 e. The zero-order valence-corrected chi connectivity index (χ0v) is 19.8. The number of hydrazine groups is 1. The topological polar surface area (TPSA) is 203 Å². The van der Waals surface area contributed by atoms with E-state index in [1.165, 1.54) is 35.3 Å². The van der Waals surface area contributed by atoms with Crippen LogP contribution in [0.4, 0.5) is 28.4 Å². The molecule has 0 aliphatic rings. The molecule has 0 aliphatic carbocycles. The van der Waals surface area contributed by atoms with Gasteiger partial charge in [-0.1, -0.05) is 30.3 Å². The Hall–Kier alpha value is -5.96. The lowest BCUT2D eigenvalue weighted by Gasteiger charge is -2.18. The zero-order chi connectivity index (χ0) is 28.1. The van der Waals surface area contributed by atoms with Crippen molar-refractivity contribution in [1.82, 2.24) is 9.90 Å². The van der Waals surface area contributed by atoms with Gasteiger partial charge in [-0.2, -0.15) is 0 Å². The van der Waals surface area contributed by atoms with Gasteiger partial charge in [-0.15, -0.1) is 4.85 Å². The van der Waals surface area contributed by atoms with Gasteiger partial charge < -0.3 is 5.21 Å². The highest BCUT2D eigenvalue weighted by molar-refractivity contribution is 5.73. The minimum atomic E-state index is -0.674. The molecule has 0 saturated heterocycles. The van der Waals surface area contributed by atoms with Gasteiger partial charge in [-0.3, -0.25) is 35.4 Å². The van der Waals surface area contributed by atoms with Gasteiger partial charge >= 0.3 is 0 Å². The lowest BCUT2D eigenvalue weighted by Crippen LogP contribution is -2.37. The molecule has 0 fully saturated rings. The van der Waals surface area contributed by atoms with Gasteiger partial charge in [0, 0.05) is 18.2 Å². The molecule has 39 heavy (non-hydrogen) atoms. The van der Waals surface area contributed by atoms with Crippen molar-refractivity contribution < 1.29 is 19.6 Å². The van der Waals surface area contributed by atoms with Crippen LogP contribution >= 0.6 is 0 Å². The van der Waals surface area contributed by atoms with Crippen LogP contribution in [0.5, 0.6) is 0 Å². The fourth-order valence-corrected chi connectivity index (χ4v) is 3.55. The van der Waals surface area contributed by atoms with E-state index < -0.39 is 14.8 Å². The first kappa shape index (κ1) is 26.1. The maximum absolute atomic E-state index is 12.5. The Balaban J connectivity index is 0.000000247. The number of nitrogens with two attached hydrogens (primary N) is 1. The quantitative estimate of drug-likeness (QED) is 0.109. The summed E-state index contributed by atoms with van der Waals surface area (Å²) in [4.78, 5) is 31.7. The van der Waals surface area contributed by atoms with Crippen molar-refractivity contribution in [3.8, 4) is 5.69 Å². The van der Waals surface area contributed by atoms with Crippen LogP contribution in [-0.2, 0) is 0 Å². The molecule has 5 aromatic rings. The number of fused-ring (bicyclic) bond motifs is 1. The van der Waals surface area contributed by atoms with E-state index in [0.29, 0.717) is 21.6 Å². The third-order valence-electron chi connectivity index (χ3n) is 5.39. The molecule has 4 aromatic carbocycles. The van der Waals surface area contributed by atoms with Crippen LogP contribution < -0.4 is 15.7 Å². The number of non-ortho nitro benzene ring substituents is 2. The molecular formula is C24H18N8O7. The molecule has 0 unspecified atom stereocenters. The predicted octanol–water partition coefficient (Wildman–Crippen LogP) is 4.08. The van der Waals surface area contributed by atoms with Crippen LogP contribution in [0.3, 0.4) is 0 Å². The lowest BCUT2D eigenvalue weighted by atomic mass is 10.2. The number of para-hydroxylation sites is 2. The highest BCUT2D eigenvalue weighted by Crippen LogP contribution is 2.32. The molecular weight excluding hydrogens is 512 g/mol. The first-order valence-electron chi connectivity index (χ1n) is 11.0. The predicted molar refractivity (Wildman–Crippen MR) is 139 cm³/mol. The van der Waals surface area contributed by atoms with Crippen LogP contribution in [0.1, 0.15) is 0 Å². The summed E-state index contributed by atoms with van der Waals surface area (Å²) >= 11 is 0. The summed E-state index contributed by atoms with van der Waals surface area (Å²) in [7, 11) is 0. The average molecular weight is 530 g/mol. The fraction of sp³-hybridized carbons (Fsp3) is 0. The van der Waals surface area contributed by atoms with Crippen molar-refractivity contribution in [2.75, 3.05) is 5.01 Å². The summed E-state index contributed by atoms with van der Waals surface area (Å²) in [6, 6.07) is 24.6. The first-order valence-corrected chi connectivity index (χ1v) is 11.0. The molecule has 15 heteroatoms. The lowest BCUT2D eigenvalue weighted by molar-refractivity contribution is -0.664. The molecule has 0 atom stereocenters. The third-order valence-corrected chi connectivity index (χ3v) is 5.39. The summed E-state index contributed by atoms with van der Waals surface area (Å²) in [5.74, 6) is 6.07. The number of nitro groups is 3. The maximum atomic E-state index is 12.5. The minimum absolute atomic E-state index is 0.198. The standard InChI is InChI=1S/C18H14N6O3.C6H4N2O4/c19-21(13-6-2-1-3-7-13)17-11-10-14(12-18(17)24(26)27)22-20-15-8-4-5-9-16(15)23(22)25;9-7(10)5-2-1-3-6(4-5)8(11)12/h1-12H,19H2;1-4H. The van der Waals surface area contributed by atoms with E-state index in [4.69, 9.17) is 5.84 Å². The van der Waals surface area contributed by atoms with Crippen molar-refractivity contribution in [2.45, 2.75) is 0 Å². The Morgan fingerprint density at radius 3 is 1.95 bits per heavy atom. The Morgan fingerprint density at radius 1 is 0.744 bits per heavy atom. The van der Waals surface area contributed by atoms with Gasteiger partial charge in [0.2, 0.25) is 11.0 Å². The molecule has 5 rings (SSSR count). The van der Waals surface area contributed by atoms with Crippen LogP contribution in [0.25, 0.3) is 16.7 Å². The number of anilines is 2. The summed E-state index contributed by atoms with van der Waals surface area (Å²) in [5, 5.41) is 49.8. The van der Waals surface area contributed by atoms with Crippen LogP contribution in [0, 0.1) is 35.6 Å². The van der Waals surface area contributed by atoms with Crippen LogP contribution in [0.15, 0.2) is 97.1 Å². The van der Waals surface area contributed by atoms with Crippen molar-refractivity contribution in [3.63, 3.8) is 0 Å². The second-order valence-corrected chi connectivity index (χ2v) is 7.82. The number of nitro benzene ring substituents is 3. The van der Waals surface area contributed by atoms with Gasteiger partial charge in [0.05, 0.1) is 31.6 Å². The van der Waals surface area contributed by atoms with E-state index in [1.807, 2.05) is 6.07 Å². The Labute approximate surface area is 218 Å². The first-order chi connectivity index (χ1) is 18.7. The molecule has 0 spiro atoms. The average Bonchev–Trinajstić information content (AvgIpc) is 3.29. The number of hydrogen-bond donors (Lipinski definition) is 1. The summed E-state index contributed by atoms with van der Waals surface area (Å²) < 4.78 is 0. The van der Waals surface area contributed by atoms with Crippen molar-refractivity contribution in [3.05, 3.63) is 133 Å². The molecule has 0 aliphatic heterocycles. The second kappa shape index (κ2) is 11.0. The number of hydrogen-bond acceptors (Lipinski definition) is 10. The monoisotopic (exact) mass is 530 g/mol. The van der Waals surface area contributed by atoms with Gasteiger partial charge in [-0.25, -0.2) is 5.84 Å². The molecule has 0 radical (unpaired) electrons. The number of benzene rings is 4. The Kier molecular flexibility index (Phi) is 7.35. The molecule has 1 aromatic heterocycles. The second-order valence-electron chi connectivity index (χ2n) is 7.82. The van der Waals surface area contributed by atoms with Crippen LogP contribution in [-0.4, -0.2) is 24.7 Å². The summed E-state index contributed by atoms with van der Waals surface area (Å²) in [6.07, 6.45) is 0. The van der Waals surface area contributed by atoms with Gasteiger partial charge in [0.25, 0.3) is 17.1 Å².